The van der Waals surface area contributed by atoms with Crippen molar-refractivity contribution in [2.45, 2.75) is 37.8 Å². The normalized spacial score (nSPS) is 24.4. The van der Waals surface area contributed by atoms with E-state index in [1.807, 2.05) is 0 Å². The van der Waals surface area contributed by atoms with Crippen LogP contribution in [-0.2, 0) is 0 Å². The monoisotopic (exact) mass is 228 g/mol. The molecule has 0 saturated heterocycles. The summed E-state index contributed by atoms with van der Waals surface area (Å²) in [4.78, 5) is 22.5. The van der Waals surface area contributed by atoms with E-state index in [1.165, 1.54) is 0 Å². The van der Waals surface area contributed by atoms with Gasteiger partial charge in [0.15, 0.2) is 0 Å². The molecule has 0 spiro atoms. The summed E-state index contributed by atoms with van der Waals surface area (Å²) in [6.07, 6.45) is 3.98. The third kappa shape index (κ3) is 3.60. The van der Waals surface area contributed by atoms with E-state index in [2.05, 4.69) is 21.3 Å². The molecule has 92 valence electrons. The molecule has 4 amide bonds. The van der Waals surface area contributed by atoms with Crippen LogP contribution in [0.2, 0.25) is 0 Å². The minimum absolute atomic E-state index is 0.0194. The van der Waals surface area contributed by atoms with Crippen molar-refractivity contribution in [2.24, 2.45) is 0 Å². The number of carbonyl (C=O) groups is 2. The van der Waals surface area contributed by atoms with Gasteiger partial charge in [-0.2, -0.15) is 0 Å². The second-order valence-corrected chi connectivity index (χ2v) is 3.94. The van der Waals surface area contributed by atoms with E-state index < -0.39 is 0 Å². The standard InChI is InChI=1S/C10H20N4O2/c1-11-9(15)13-7-5-3-4-6-8(7)14-10(16)12-2/h7-8H,3-6H2,1-2H3,(H2,11,13,15)(H2,12,14,16). The van der Waals surface area contributed by atoms with Gasteiger partial charge in [-0.05, 0) is 12.8 Å². The fourth-order valence-electron chi connectivity index (χ4n) is 1.96. The molecule has 1 aliphatic carbocycles. The Balaban J connectivity index is 2.49. The van der Waals surface area contributed by atoms with Gasteiger partial charge in [0.1, 0.15) is 0 Å². The molecule has 0 radical (unpaired) electrons. The zero-order valence-corrected chi connectivity index (χ0v) is 9.80. The third-order valence-corrected chi connectivity index (χ3v) is 2.85. The van der Waals surface area contributed by atoms with Crippen LogP contribution in [0.1, 0.15) is 25.7 Å². The Hall–Kier alpha value is -1.46. The fourth-order valence-corrected chi connectivity index (χ4v) is 1.96. The van der Waals surface area contributed by atoms with Crippen molar-refractivity contribution in [3.05, 3.63) is 0 Å². The first-order valence-electron chi connectivity index (χ1n) is 5.64. The molecule has 1 saturated carbocycles. The molecule has 0 aliphatic heterocycles. The van der Waals surface area contributed by atoms with Crippen LogP contribution in [0.4, 0.5) is 9.59 Å². The molecule has 1 rings (SSSR count). The van der Waals surface area contributed by atoms with Crippen molar-refractivity contribution in [1.29, 1.82) is 0 Å². The van der Waals surface area contributed by atoms with Gasteiger partial charge in [0.2, 0.25) is 0 Å². The predicted octanol–water partition coefficient (Wildman–Crippen LogP) is 0.156. The molecule has 0 heterocycles. The Morgan fingerprint density at radius 1 is 0.875 bits per heavy atom. The average Bonchev–Trinajstić information content (AvgIpc) is 2.31. The Kier molecular flexibility index (Phi) is 4.88. The maximum Gasteiger partial charge on any atom is 0.314 e. The summed E-state index contributed by atoms with van der Waals surface area (Å²) >= 11 is 0. The summed E-state index contributed by atoms with van der Waals surface area (Å²) < 4.78 is 0. The van der Waals surface area contributed by atoms with E-state index in [-0.39, 0.29) is 24.1 Å². The van der Waals surface area contributed by atoms with Crippen LogP contribution >= 0.6 is 0 Å². The van der Waals surface area contributed by atoms with Crippen molar-refractivity contribution in [1.82, 2.24) is 21.3 Å². The number of nitrogens with one attached hydrogen (secondary N) is 4. The molecule has 0 aromatic heterocycles. The second kappa shape index (κ2) is 6.19. The smallest absolute Gasteiger partial charge is 0.314 e. The Morgan fingerprint density at radius 2 is 1.25 bits per heavy atom. The van der Waals surface area contributed by atoms with Crippen molar-refractivity contribution in [2.75, 3.05) is 14.1 Å². The predicted molar refractivity (Wildman–Crippen MR) is 61.2 cm³/mol. The quantitative estimate of drug-likeness (QED) is 0.543. The van der Waals surface area contributed by atoms with Crippen molar-refractivity contribution >= 4 is 12.1 Å². The molecule has 0 bridgehead atoms. The molecule has 0 aromatic rings. The van der Waals surface area contributed by atoms with Gasteiger partial charge in [0, 0.05) is 14.1 Å². The largest absolute Gasteiger partial charge is 0.341 e. The first-order valence-corrected chi connectivity index (χ1v) is 5.64. The first-order chi connectivity index (χ1) is 7.67. The SMILES string of the molecule is CNC(=O)NC1CCCCC1NC(=O)NC. The Labute approximate surface area is 95.5 Å². The number of hydrogen-bond acceptors (Lipinski definition) is 2. The van der Waals surface area contributed by atoms with Crippen molar-refractivity contribution in [3.63, 3.8) is 0 Å². The summed E-state index contributed by atoms with van der Waals surface area (Å²) in [6, 6.07) is -0.358. The third-order valence-electron chi connectivity index (χ3n) is 2.85. The molecule has 6 heteroatoms. The summed E-state index contributed by atoms with van der Waals surface area (Å²) in [5, 5.41) is 10.8. The lowest BCUT2D eigenvalue weighted by atomic mass is 9.90. The van der Waals surface area contributed by atoms with Gasteiger partial charge in [-0.15, -0.1) is 0 Å². The molecule has 2 unspecified atom stereocenters. The lowest BCUT2D eigenvalue weighted by molar-refractivity contribution is 0.215. The van der Waals surface area contributed by atoms with E-state index in [1.54, 1.807) is 14.1 Å². The van der Waals surface area contributed by atoms with Crippen LogP contribution in [0.25, 0.3) is 0 Å². The summed E-state index contributed by atoms with van der Waals surface area (Å²) in [5.74, 6) is 0. The highest BCUT2D eigenvalue weighted by Crippen LogP contribution is 2.18. The number of carbonyl (C=O) groups excluding carboxylic acids is 2. The molecular weight excluding hydrogens is 208 g/mol. The Morgan fingerprint density at radius 3 is 1.56 bits per heavy atom. The van der Waals surface area contributed by atoms with Crippen LogP contribution in [0.3, 0.4) is 0 Å². The van der Waals surface area contributed by atoms with Gasteiger partial charge in [-0.3, -0.25) is 0 Å². The second-order valence-electron chi connectivity index (χ2n) is 3.94. The van der Waals surface area contributed by atoms with Crippen molar-refractivity contribution < 1.29 is 9.59 Å². The lowest BCUT2D eigenvalue weighted by Crippen LogP contribution is -2.56. The molecule has 1 aliphatic rings. The van der Waals surface area contributed by atoms with E-state index in [4.69, 9.17) is 0 Å². The maximum atomic E-state index is 11.2. The van der Waals surface area contributed by atoms with E-state index in [0.717, 1.165) is 25.7 Å². The van der Waals surface area contributed by atoms with E-state index in [0.29, 0.717) is 0 Å². The molecule has 4 N–H and O–H groups in total. The van der Waals surface area contributed by atoms with Crippen LogP contribution in [0.5, 0.6) is 0 Å². The topological polar surface area (TPSA) is 82.3 Å². The number of urea groups is 2. The minimum atomic E-state index is -0.199. The van der Waals surface area contributed by atoms with Crippen LogP contribution < -0.4 is 21.3 Å². The first kappa shape index (κ1) is 12.6. The van der Waals surface area contributed by atoms with Gasteiger partial charge < -0.3 is 21.3 Å². The molecule has 0 aromatic carbocycles. The zero-order valence-electron chi connectivity index (χ0n) is 9.80. The minimum Gasteiger partial charge on any atom is -0.341 e. The molecular formula is C10H20N4O2. The van der Waals surface area contributed by atoms with Gasteiger partial charge in [-0.25, -0.2) is 9.59 Å². The molecule has 6 nitrogen and oxygen atoms in total. The number of amides is 4. The van der Waals surface area contributed by atoms with Crippen LogP contribution in [0.15, 0.2) is 0 Å². The van der Waals surface area contributed by atoms with Gasteiger partial charge in [0.05, 0.1) is 12.1 Å². The molecule has 1 fully saturated rings. The Bertz CT molecular complexity index is 231. The van der Waals surface area contributed by atoms with E-state index in [9.17, 15) is 9.59 Å². The molecule has 2 atom stereocenters. The van der Waals surface area contributed by atoms with Gasteiger partial charge >= 0.3 is 12.1 Å². The van der Waals surface area contributed by atoms with Gasteiger partial charge in [-0.1, -0.05) is 12.8 Å². The lowest BCUT2D eigenvalue weighted by Gasteiger charge is -2.32. The summed E-state index contributed by atoms with van der Waals surface area (Å²) in [7, 11) is 3.17. The highest BCUT2D eigenvalue weighted by atomic mass is 16.2. The molecule has 16 heavy (non-hydrogen) atoms. The number of rotatable bonds is 2. The van der Waals surface area contributed by atoms with Crippen LogP contribution in [-0.4, -0.2) is 38.2 Å². The van der Waals surface area contributed by atoms with Gasteiger partial charge in [0.25, 0.3) is 0 Å². The van der Waals surface area contributed by atoms with Crippen molar-refractivity contribution in [3.8, 4) is 0 Å². The summed E-state index contributed by atoms with van der Waals surface area (Å²) in [5.41, 5.74) is 0. The maximum absolute atomic E-state index is 11.2. The highest BCUT2D eigenvalue weighted by Gasteiger charge is 2.27. The fraction of sp³-hybridized carbons (Fsp3) is 0.800. The zero-order chi connectivity index (χ0) is 12.0. The average molecular weight is 228 g/mol. The van der Waals surface area contributed by atoms with E-state index >= 15 is 0 Å². The van der Waals surface area contributed by atoms with Crippen LogP contribution in [0, 0.1) is 0 Å². The highest BCUT2D eigenvalue weighted by molar-refractivity contribution is 5.75. The summed E-state index contributed by atoms with van der Waals surface area (Å²) in [6.45, 7) is 0. The number of hydrogen-bond donors (Lipinski definition) is 4.